The summed E-state index contributed by atoms with van der Waals surface area (Å²) < 4.78 is 36.2. The smallest absolute Gasteiger partial charge is 0.186 e. The van der Waals surface area contributed by atoms with Crippen molar-refractivity contribution in [2.75, 3.05) is 13.2 Å². The molecule has 0 amide bonds. The molecule has 5 rings (SSSR count). The zero-order valence-corrected chi connectivity index (χ0v) is 24.2. The fourth-order valence-electron chi connectivity index (χ4n) is 5.30. The van der Waals surface area contributed by atoms with Gasteiger partial charge in [0.05, 0.1) is 33.0 Å². The van der Waals surface area contributed by atoms with Gasteiger partial charge in [0.25, 0.3) is 0 Å². The summed E-state index contributed by atoms with van der Waals surface area (Å²) in [6.07, 6.45) is -11.7. The minimum absolute atomic E-state index is 0.175. The first kappa shape index (κ1) is 32.6. The van der Waals surface area contributed by atoms with Gasteiger partial charge in [-0.05, 0) is 16.7 Å². The van der Waals surface area contributed by atoms with E-state index in [0.29, 0.717) is 0 Å². The van der Waals surface area contributed by atoms with E-state index >= 15 is 0 Å². The van der Waals surface area contributed by atoms with Crippen molar-refractivity contribution in [2.45, 2.75) is 81.2 Å². The number of ether oxygens (including phenoxy) is 6. The van der Waals surface area contributed by atoms with Crippen molar-refractivity contribution >= 4 is 0 Å². The van der Waals surface area contributed by atoms with Crippen LogP contribution in [0.3, 0.4) is 0 Å². The molecule has 0 spiro atoms. The van der Waals surface area contributed by atoms with Crippen molar-refractivity contribution < 1.29 is 54.0 Å². The van der Waals surface area contributed by atoms with Crippen LogP contribution in [0.25, 0.3) is 0 Å². The van der Waals surface area contributed by atoms with E-state index in [4.69, 9.17) is 28.4 Å². The first-order valence-electron chi connectivity index (χ1n) is 14.7. The molecule has 2 aliphatic rings. The molecule has 0 aromatic heterocycles. The van der Waals surface area contributed by atoms with Gasteiger partial charge >= 0.3 is 0 Å². The predicted molar refractivity (Wildman–Crippen MR) is 156 cm³/mol. The molecule has 11 nitrogen and oxygen atoms in total. The summed E-state index contributed by atoms with van der Waals surface area (Å²) in [6, 6.07) is 28.6. The Morgan fingerprint density at radius 2 is 1.14 bits per heavy atom. The molecule has 11 heteroatoms. The van der Waals surface area contributed by atoms with Gasteiger partial charge in [-0.25, -0.2) is 0 Å². The number of aliphatic hydroxyl groups excluding tert-OH is 5. The molecular weight excluding hydrogens is 572 g/mol. The van der Waals surface area contributed by atoms with Crippen molar-refractivity contribution in [2.24, 2.45) is 0 Å². The van der Waals surface area contributed by atoms with Crippen LogP contribution in [0.4, 0.5) is 0 Å². The Balaban J connectivity index is 1.35. The zero-order chi connectivity index (χ0) is 30.9. The molecule has 10 atom stereocenters. The highest BCUT2D eigenvalue weighted by Crippen LogP contribution is 2.32. The van der Waals surface area contributed by atoms with Gasteiger partial charge in [0.1, 0.15) is 48.8 Å². The van der Waals surface area contributed by atoms with E-state index in [1.807, 2.05) is 91.0 Å². The lowest BCUT2D eigenvalue weighted by Gasteiger charge is -2.30. The highest BCUT2D eigenvalue weighted by atomic mass is 16.7. The summed E-state index contributed by atoms with van der Waals surface area (Å²) in [7, 11) is 0. The third kappa shape index (κ3) is 8.27. The Morgan fingerprint density at radius 1 is 0.614 bits per heavy atom. The minimum Gasteiger partial charge on any atom is -0.394 e. The van der Waals surface area contributed by atoms with Crippen LogP contribution in [0, 0.1) is 0 Å². The quantitative estimate of drug-likeness (QED) is 0.169. The summed E-state index contributed by atoms with van der Waals surface area (Å²) in [5.74, 6) is 0. The molecule has 3 aromatic rings. The van der Waals surface area contributed by atoms with Crippen LogP contribution in [-0.2, 0) is 48.2 Å². The molecule has 238 valence electrons. The van der Waals surface area contributed by atoms with E-state index in [1.165, 1.54) is 0 Å². The van der Waals surface area contributed by atoms with Gasteiger partial charge in [-0.3, -0.25) is 0 Å². The maximum Gasteiger partial charge on any atom is 0.186 e. The molecule has 0 saturated carbocycles. The first-order chi connectivity index (χ1) is 21.4. The molecule has 44 heavy (non-hydrogen) atoms. The van der Waals surface area contributed by atoms with Gasteiger partial charge in [-0.2, -0.15) is 0 Å². The van der Waals surface area contributed by atoms with Crippen molar-refractivity contribution in [3.63, 3.8) is 0 Å². The van der Waals surface area contributed by atoms with Gasteiger partial charge in [-0.1, -0.05) is 91.0 Å². The normalized spacial score (nSPS) is 29.9. The highest BCUT2D eigenvalue weighted by molar-refractivity contribution is 5.15. The number of benzene rings is 3. The molecular formula is C33H40O11. The van der Waals surface area contributed by atoms with Crippen LogP contribution in [0.1, 0.15) is 16.7 Å². The standard InChI is InChI=1S/C33H40O11/c34-16-24(35)28-26(36)27(37)33(44-28)42-20-25(39-17-21-10-4-1-5-11-21)29-30(40-18-22-12-6-2-7-13-22)31(32(38)43-29)41-19-23-14-8-3-9-15-23/h1-15,24-38H,16-20H2/t24-,25-,26-,27-,28+,29+,30+,31-,32-,33?/m1/s1. The Bertz CT molecular complexity index is 1230. The molecule has 2 aliphatic heterocycles. The largest absolute Gasteiger partial charge is 0.394 e. The lowest BCUT2D eigenvalue weighted by Crippen LogP contribution is -2.46. The summed E-state index contributed by atoms with van der Waals surface area (Å²) in [5.41, 5.74) is 2.71. The second-order valence-electron chi connectivity index (χ2n) is 10.9. The van der Waals surface area contributed by atoms with Crippen molar-refractivity contribution in [1.82, 2.24) is 0 Å². The maximum absolute atomic E-state index is 11.0. The summed E-state index contributed by atoms with van der Waals surface area (Å²) in [6.45, 7) is -0.258. The van der Waals surface area contributed by atoms with Gasteiger partial charge in [0.15, 0.2) is 12.6 Å². The van der Waals surface area contributed by atoms with Gasteiger partial charge < -0.3 is 54.0 Å². The van der Waals surface area contributed by atoms with E-state index in [2.05, 4.69) is 0 Å². The van der Waals surface area contributed by atoms with Crippen LogP contribution in [-0.4, -0.2) is 100 Å². The number of rotatable bonds is 15. The SMILES string of the molecule is OC[C@@H](O)[C@@H]1OC(OC[C@@H](OCc2ccccc2)[C@@H]2O[C@@H](O)[C@H](OCc3ccccc3)[C@H]2OCc2ccccc2)[C@H](O)[C@H]1O. The lowest BCUT2D eigenvalue weighted by atomic mass is 10.0. The molecule has 0 radical (unpaired) electrons. The molecule has 0 bridgehead atoms. The van der Waals surface area contributed by atoms with Crippen LogP contribution >= 0.6 is 0 Å². The van der Waals surface area contributed by atoms with Crippen LogP contribution in [0.5, 0.6) is 0 Å². The molecule has 0 aliphatic carbocycles. The van der Waals surface area contributed by atoms with Crippen molar-refractivity contribution in [3.05, 3.63) is 108 Å². The van der Waals surface area contributed by atoms with E-state index < -0.39 is 68.0 Å². The average molecular weight is 613 g/mol. The molecule has 3 aromatic carbocycles. The topological polar surface area (TPSA) is 157 Å². The first-order valence-corrected chi connectivity index (χ1v) is 14.7. The molecule has 1 unspecified atom stereocenters. The third-order valence-corrected chi connectivity index (χ3v) is 7.72. The number of hydrogen-bond donors (Lipinski definition) is 5. The van der Waals surface area contributed by atoms with E-state index in [0.717, 1.165) is 16.7 Å². The number of hydrogen-bond acceptors (Lipinski definition) is 11. The van der Waals surface area contributed by atoms with Gasteiger partial charge in [0.2, 0.25) is 0 Å². The van der Waals surface area contributed by atoms with Gasteiger partial charge in [-0.15, -0.1) is 0 Å². The van der Waals surface area contributed by atoms with E-state index in [1.54, 1.807) is 0 Å². The molecule has 5 N–H and O–H groups in total. The van der Waals surface area contributed by atoms with Crippen LogP contribution < -0.4 is 0 Å². The van der Waals surface area contributed by atoms with Crippen LogP contribution in [0.15, 0.2) is 91.0 Å². The summed E-state index contributed by atoms with van der Waals surface area (Å²) in [4.78, 5) is 0. The summed E-state index contributed by atoms with van der Waals surface area (Å²) >= 11 is 0. The average Bonchev–Trinajstić information content (AvgIpc) is 3.53. The van der Waals surface area contributed by atoms with E-state index in [-0.39, 0.29) is 26.4 Å². The Morgan fingerprint density at radius 3 is 1.68 bits per heavy atom. The maximum atomic E-state index is 11.0. The van der Waals surface area contributed by atoms with E-state index in [9.17, 15) is 25.5 Å². The highest BCUT2D eigenvalue weighted by Gasteiger charge is 2.51. The second kappa shape index (κ2) is 16.0. The second-order valence-corrected chi connectivity index (χ2v) is 10.9. The fraction of sp³-hybridized carbons (Fsp3) is 0.455. The lowest BCUT2D eigenvalue weighted by molar-refractivity contribution is -0.216. The predicted octanol–water partition coefficient (Wildman–Crippen LogP) is 1.28. The summed E-state index contributed by atoms with van der Waals surface area (Å²) in [5, 5.41) is 51.2. The molecule has 2 fully saturated rings. The van der Waals surface area contributed by atoms with Crippen molar-refractivity contribution in [3.8, 4) is 0 Å². The molecule has 2 heterocycles. The Hall–Kier alpha value is -2.78. The van der Waals surface area contributed by atoms with Crippen LogP contribution in [0.2, 0.25) is 0 Å². The number of aliphatic hydroxyl groups is 5. The molecule has 2 saturated heterocycles. The third-order valence-electron chi connectivity index (χ3n) is 7.72. The Labute approximate surface area is 256 Å². The minimum atomic E-state index is -1.49. The van der Waals surface area contributed by atoms with Gasteiger partial charge in [0, 0.05) is 0 Å². The van der Waals surface area contributed by atoms with Crippen molar-refractivity contribution in [1.29, 1.82) is 0 Å². The fourth-order valence-corrected chi connectivity index (χ4v) is 5.30. The monoisotopic (exact) mass is 612 g/mol. The Kier molecular flexibility index (Phi) is 11.8. The zero-order valence-electron chi connectivity index (χ0n) is 24.2.